The lowest BCUT2D eigenvalue weighted by Crippen LogP contribution is -2.49. The zero-order valence-electron chi connectivity index (χ0n) is 13.3. The van der Waals surface area contributed by atoms with Crippen molar-refractivity contribution in [3.63, 3.8) is 0 Å². The van der Waals surface area contributed by atoms with E-state index in [2.05, 4.69) is 19.2 Å². The predicted octanol–water partition coefficient (Wildman–Crippen LogP) is 1.08. The van der Waals surface area contributed by atoms with Crippen LogP contribution in [-0.4, -0.2) is 50.6 Å². The smallest absolute Gasteiger partial charge is 0.422 e. The van der Waals surface area contributed by atoms with Gasteiger partial charge in [-0.2, -0.15) is 12.7 Å². The highest BCUT2D eigenvalue weighted by molar-refractivity contribution is 7.87. The maximum atomic E-state index is 12.2. The summed E-state index contributed by atoms with van der Waals surface area (Å²) in [5, 5.41) is 3.32. The summed E-state index contributed by atoms with van der Waals surface area (Å²) in [7, 11) is -3.82. The van der Waals surface area contributed by atoms with Crippen molar-refractivity contribution in [2.45, 2.75) is 52.7 Å². The molecule has 0 aromatic carbocycles. The molecule has 124 valence electrons. The average Bonchev–Trinajstić information content (AvgIpc) is 2.35. The molecule has 21 heavy (non-hydrogen) atoms. The molecule has 1 atom stereocenters. The van der Waals surface area contributed by atoms with Gasteiger partial charge in [0.05, 0.1) is 6.10 Å². The summed E-state index contributed by atoms with van der Waals surface area (Å²) in [5.41, 5.74) is 0. The fourth-order valence-corrected chi connectivity index (χ4v) is 3.39. The zero-order chi connectivity index (χ0) is 16.0. The quantitative estimate of drug-likeness (QED) is 0.764. The lowest BCUT2D eigenvalue weighted by Gasteiger charge is -2.32. The molecule has 1 heterocycles. The van der Waals surface area contributed by atoms with Crippen molar-refractivity contribution in [3.05, 3.63) is 0 Å². The third-order valence-electron chi connectivity index (χ3n) is 3.19. The Hall–Kier alpha value is -0.860. The summed E-state index contributed by atoms with van der Waals surface area (Å²) in [6, 6.07) is 0.371. The Kier molecular flexibility index (Phi) is 6.89. The molecule has 7 nitrogen and oxygen atoms in total. The van der Waals surface area contributed by atoms with E-state index in [-0.39, 0.29) is 12.0 Å². The van der Waals surface area contributed by atoms with E-state index in [1.165, 1.54) is 4.31 Å². The highest BCUT2D eigenvalue weighted by atomic mass is 32.2. The van der Waals surface area contributed by atoms with E-state index in [0.717, 1.165) is 19.4 Å². The topological polar surface area (TPSA) is 87.7 Å². The Bertz CT molecular complexity index is 437. The van der Waals surface area contributed by atoms with E-state index in [0.29, 0.717) is 19.1 Å². The molecule has 0 saturated carbocycles. The van der Waals surface area contributed by atoms with Gasteiger partial charge < -0.3 is 10.1 Å². The average molecular weight is 321 g/mol. The van der Waals surface area contributed by atoms with Crippen molar-refractivity contribution in [3.8, 4) is 0 Å². The lowest BCUT2D eigenvalue weighted by molar-refractivity contribution is 0.120. The molecule has 0 aliphatic carbocycles. The number of amides is 1. The fraction of sp³-hybridized carbons (Fsp3) is 0.923. The van der Waals surface area contributed by atoms with Gasteiger partial charge in [-0.3, -0.25) is 0 Å². The van der Waals surface area contributed by atoms with Gasteiger partial charge in [0.15, 0.2) is 0 Å². The molecule has 0 radical (unpaired) electrons. The predicted molar refractivity (Wildman–Crippen MR) is 81.1 cm³/mol. The second-order valence-corrected chi connectivity index (χ2v) is 7.66. The first-order valence-corrected chi connectivity index (χ1v) is 8.86. The van der Waals surface area contributed by atoms with Crippen LogP contribution in [0.15, 0.2) is 0 Å². The molecule has 2 N–H and O–H groups in total. The van der Waals surface area contributed by atoms with Gasteiger partial charge in [0.25, 0.3) is 0 Å². The standard InChI is InChI=1S/C13H27N3O4S/c1-10(2)14-8-12-6-5-7-16(9-12)21(18,19)15-13(17)20-11(3)4/h10-12,14H,5-9H2,1-4H3,(H,15,17). The van der Waals surface area contributed by atoms with Gasteiger partial charge >= 0.3 is 16.3 Å². The Morgan fingerprint density at radius 2 is 2.00 bits per heavy atom. The first-order chi connectivity index (χ1) is 9.70. The number of nitrogens with one attached hydrogen (secondary N) is 2. The van der Waals surface area contributed by atoms with Crippen LogP contribution in [0.5, 0.6) is 0 Å². The summed E-state index contributed by atoms with van der Waals surface area (Å²) >= 11 is 0. The number of hydrogen-bond acceptors (Lipinski definition) is 5. The lowest BCUT2D eigenvalue weighted by atomic mass is 9.99. The Labute approximate surface area is 127 Å². The van der Waals surface area contributed by atoms with Gasteiger partial charge in [-0.25, -0.2) is 9.52 Å². The molecule has 0 spiro atoms. The number of piperidine rings is 1. The third kappa shape index (κ3) is 6.62. The van der Waals surface area contributed by atoms with Crippen LogP contribution in [0.25, 0.3) is 0 Å². The Morgan fingerprint density at radius 1 is 1.33 bits per heavy atom. The molecule has 1 aliphatic heterocycles. The molecular weight excluding hydrogens is 294 g/mol. The molecule has 1 fully saturated rings. The van der Waals surface area contributed by atoms with Crippen LogP contribution in [0, 0.1) is 5.92 Å². The second kappa shape index (κ2) is 7.95. The Morgan fingerprint density at radius 3 is 2.57 bits per heavy atom. The molecule has 1 unspecified atom stereocenters. The third-order valence-corrected chi connectivity index (χ3v) is 4.63. The zero-order valence-corrected chi connectivity index (χ0v) is 14.1. The first kappa shape index (κ1) is 18.2. The molecule has 0 aromatic rings. The van der Waals surface area contributed by atoms with E-state index in [1.807, 2.05) is 4.72 Å². The van der Waals surface area contributed by atoms with Crippen LogP contribution >= 0.6 is 0 Å². The van der Waals surface area contributed by atoms with Crippen LogP contribution in [0.3, 0.4) is 0 Å². The van der Waals surface area contributed by atoms with E-state index in [1.54, 1.807) is 13.8 Å². The van der Waals surface area contributed by atoms with Gasteiger partial charge in [-0.1, -0.05) is 13.8 Å². The maximum Gasteiger partial charge on any atom is 0.422 e. The second-order valence-electron chi connectivity index (χ2n) is 5.99. The van der Waals surface area contributed by atoms with E-state index < -0.39 is 16.3 Å². The molecule has 1 rings (SSSR count). The number of carbonyl (C=O) groups is 1. The van der Waals surface area contributed by atoms with Crippen molar-refractivity contribution < 1.29 is 17.9 Å². The largest absolute Gasteiger partial charge is 0.446 e. The molecule has 8 heteroatoms. The molecule has 1 amide bonds. The maximum absolute atomic E-state index is 12.2. The monoisotopic (exact) mass is 321 g/mol. The first-order valence-electron chi connectivity index (χ1n) is 7.42. The summed E-state index contributed by atoms with van der Waals surface area (Å²) < 4.78 is 32.4. The van der Waals surface area contributed by atoms with Crippen molar-refractivity contribution in [1.29, 1.82) is 0 Å². The van der Waals surface area contributed by atoms with Crippen LogP contribution < -0.4 is 10.0 Å². The van der Waals surface area contributed by atoms with E-state index in [9.17, 15) is 13.2 Å². The molecule has 0 aromatic heterocycles. The number of hydrogen-bond donors (Lipinski definition) is 2. The molecule has 1 saturated heterocycles. The fourth-order valence-electron chi connectivity index (χ4n) is 2.22. The van der Waals surface area contributed by atoms with E-state index in [4.69, 9.17) is 4.74 Å². The van der Waals surface area contributed by atoms with Crippen LogP contribution in [-0.2, 0) is 14.9 Å². The van der Waals surface area contributed by atoms with Gasteiger partial charge in [0.2, 0.25) is 0 Å². The summed E-state index contributed by atoms with van der Waals surface area (Å²) in [4.78, 5) is 11.5. The van der Waals surface area contributed by atoms with Crippen LogP contribution in [0.2, 0.25) is 0 Å². The SMILES string of the molecule is CC(C)NCC1CCCN(S(=O)(=O)NC(=O)OC(C)C)C1. The van der Waals surface area contributed by atoms with Crippen molar-refractivity contribution >= 4 is 16.3 Å². The van der Waals surface area contributed by atoms with Crippen LogP contribution in [0.1, 0.15) is 40.5 Å². The van der Waals surface area contributed by atoms with Crippen molar-refractivity contribution in [1.82, 2.24) is 14.3 Å². The number of rotatable bonds is 6. The summed E-state index contributed by atoms with van der Waals surface area (Å²) in [5.74, 6) is 0.263. The minimum absolute atomic E-state index is 0.263. The van der Waals surface area contributed by atoms with Crippen molar-refractivity contribution in [2.75, 3.05) is 19.6 Å². The highest BCUT2D eigenvalue weighted by Crippen LogP contribution is 2.18. The van der Waals surface area contributed by atoms with Gasteiger partial charge in [0.1, 0.15) is 0 Å². The van der Waals surface area contributed by atoms with Gasteiger partial charge in [-0.05, 0) is 39.2 Å². The molecular formula is C13H27N3O4S. The Balaban J connectivity index is 2.55. The van der Waals surface area contributed by atoms with Gasteiger partial charge in [-0.15, -0.1) is 0 Å². The number of nitrogens with zero attached hydrogens (tertiary/aromatic N) is 1. The molecule has 1 aliphatic rings. The summed E-state index contributed by atoms with van der Waals surface area (Å²) in [6.07, 6.45) is 0.504. The number of carbonyl (C=O) groups excluding carboxylic acids is 1. The minimum Gasteiger partial charge on any atom is -0.446 e. The normalized spacial score (nSPS) is 20.8. The van der Waals surface area contributed by atoms with Crippen LogP contribution in [0.4, 0.5) is 4.79 Å². The summed E-state index contributed by atoms with van der Waals surface area (Å²) in [6.45, 7) is 9.08. The van der Waals surface area contributed by atoms with Crippen molar-refractivity contribution in [2.24, 2.45) is 5.92 Å². The highest BCUT2D eigenvalue weighted by Gasteiger charge is 2.30. The van der Waals surface area contributed by atoms with E-state index >= 15 is 0 Å². The molecule has 0 bridgehead atoms. The minimum atomic E-state index is -3.82. The van der Waals surface area contributed by atoms with Gasteiger partial charge in [0, 0.05) is 19.1 Å². The number of ether oxygens (including phenoxy) is 1.